The second-order valence-electron chi connectivity index (χ2n) is 17.5. The molecule has 0 bridgehead atoms. The molecular weight excluding hydrogens is 1350 g/mol. The van der Waals surface area contributed by atoms with E-state index in [1.54, 1.807) is 0 Å². The molecule has 13 N–H and O–H groups in total. The van der Waals surface area contributed by atoms with Crippen LogP contribution in [0.2, 0.25) is 0 Å². The number of ether oxygens (including phenoxy) is 1. The van der Waals surface area contributed by atoms with Crippen LogP contribution in [0.15, 0.2) is 171 Å². The highest BCUT2D eigenvalue weighted by Crippen LogP contribution is 2.51. The third kappa shape index (κ3) is 13.2. The molecule has 0 fully saturated rings. The normalized spacial score (nSPS) is 13.6. The van der Waals surface area contributed by atoms with Crippen molar-refractivity contribution in [3.8, 4) is 23.0 Å². The van der Waals surface area contributed by atoms with Gasteiger partial charge in [0.15, 0.2) is 17.2 Å². The lowest BCUT2D eigenvalue weighted by Crippen LogP contribution is -2.04. The van der Waals surface area contributed by atoms with Crippen LogP contribution in [0.3, 0.4) is 0 Å². The Kier molecular flexibility index (Phi) is 16.6. The summed E-state index contributed by atoms with van der Waals surface area (Å²) in [5.41, 5.74) is -3.12. The Balaban J connectivity index is 1.30. The van der Waals surface area contributed by atoms with Crippen molar-refractivity contribution in [3.05, 3.63) is 91.0 Å². The molecule has 0 amide bonds. The summed E-state index contributed by atoms with van der Waals surface area (Å²) in [7, 11) is -42.3. The summed E-state index contributed by atoms with van der Waals surface area (Å²) in [6.07, 6.45) is 0. The maximum Gasteiger partial charge on any atom is 0.296 e. The van der Waals surface area contributed by atoms with Crippen LogP contribution in [0, 0.1) is 0 Å². The van der Waals surface area contributed by atoms with E-state index in [2.05, 4.69) is 40.9 Å². The van der Waals surface area contributed by atoms with Gasteiger partial charge in [-0.05, 0) is 95.0 Å². The number of azo groups is 4. The highest BCUT2D eigenvalue weighted by molar-refractivity contribution is 7.88. The van der Waals surface area contributed by atoms with Gasteiger partial charge in [-0.1, -0.05) is 6.07 Å². The van der Waals surface area contributed by atoms with Crippen molar-refractivity contribution in [2.75, 3.05) is 12.8 Å². The molecule has 8 aromatic carbocycles. The van der Waals surface area contributed by atoms with Crippen LogP contribution in [-0.4, -0.2) is 126 Å². The Morgan fingerprint density at radius 2 is 0.739 bits per heavy atom. The number of phenols is 3. The fourth-order valence-corrected chi connectivity index (χ4v) is 13.0. The summed E-state index contributed by atoms with van der Waals surface area (Å²) in [6, 6.07) is 9.72. The smallest absolute Gasteiger partial charge is 0.296 e. The molecule has 0 radical (unpaired) electrons. The summed E-state index contributed by atoms with van der Waals surface area (Å²) in [5, 5.41) is 59.3. The SMILES string of the molecule is COc1ccc(N=Nc2c(S(=O)(=O)O)cc3cc(S(=O)(=O)O)c(N=Nc4c(S(=O)(=O)O)cc5cc(S(=O)(=O)O)c(N=Nc6ccc7cc(S(=O)(=O)O)c(N=Nc8cc(S(=O)(=O)O)ccc8S(=O)(=O)O)c(O)c7c6)c(N)c5c4O)cc3c2O)c(S(=O)(=O)O)c1. The van der Waals surface area contributed by atoms with Crippen molar-refractivity contribution >= 4 is 164 Å². The monoisotopic (exact) mass is 1380 g/mol. The molecule has 88 heavy (non-hydrogen) atoms. The van der Waals surface area contributed by atoms with E-state index in [9.17, 15) is 119 Å². The summed E-state index contributed by atoms with van der Waals surface area (Å²) >= 11 is 0. The molecule has 8 rings (SSSR count). The Labute approximate surface area is 492 Å². The van der Waals surface area contributed by atoms with Gasteiger partial charge in [-0.15, -0.1) is 35.8 Å². The van der Waals surface area contributed by atoms with E-state index in [0.717, 1.165) is 43.5 Å². The zero-order valence-corrected chi connectivity index (χ0v) is 49.0. The molecule has 0 unspecified atom stereocenters. The van der Waals surface area contributed by atoms with Gasteiger partial charge in [0.25, 0.3) is 80.9 Å². The third-order valence-electron chi connectivity index (χ3n) is 11.9. The lowest BCUT2D eigenvalue weighted by atomic mass is 10.0. The molecule has 0 spiro atoms. The fourth-order valence-electron chi connectivity index (χ4n) is 8.01. The van der Waals surface area contributed by atoms with E-state index in [1.165, 1.54) is 0 Å². The van der Waals surface area contributed by atoms with Gasteiger partial charge in [0.05, 0.1) is 28.8 Å². The number of hydrogen-bond acceptors (Lipinski definition) is 29. The maximum atomic E-state index is 12.9. The molecular formula is C43H31N9O28S8. The molecule has 0 heterocycles. The van der Waals surface area contributed by atoms with E-state index < -0.39 is 215 Å². The minimum Gasteiger partial charge on any atom is -0.505 e. The molecule has 0 saturated carbocycles. The number of aromatic hydroxyl groups is 3. The largest absolute Gasteiger partial charge is 0.505 e. The van der Waals surface area contributed by atoms with Crippen LogP contribution in [0.5, 0.6) is 23.0 Å². The molecule has 0 aromatic heterocycles. The van der Waals surface area contributed by atoms with Crippen LogP contribution < -0.4 is 10.5 Å². The van der Waals surface area contributed by atoms with Gasteiger partial charge < -0.3 is 25.8 Å². The topological polar surface area (TPSA) is 630 Å². The van der Waals surface area contributed by atoms with Crippen LogP contribution in [0.4, 0.5) is 51.2 Å². The number of nitrogens with zero attached hydrogens (tertiary/aromatic N) is 8. The average molecular weight is 1380 g/mol. The zero-order valence-electron chi connectivity index (χ0n) is 42.4. The summed E-state index contributed by atoms with van der Waals surface area (Å²) in [4.78, 5) is -9.92. The summed E-state index contributed by atoms with van der Waals surface area (Å²) in [6.45, 7) is 0. The van der Waals surface area contributed by atoms with Gasteiger partial charge in [-0.3, -0.25) is 36.4 Å². The maximum absolute atomic E-state index is 12.9. The molecule has 0 aliphatic rings. The number of rotatable bonds is 17. The number of phenolic OH excluding ortho intramolecular Hbond substituents is 3. The first kappa shape index (κ1) is 65.2. The predicted molar refractivity (Wildman–Crippen MR) is 296 cm³/mol. The first-order valence-electron chi connectivity index (χ1n) is 22.3. The first-order chi connectivity index (χ1) is 40.3. The Bertz CT molecular complexity index is 5530. The zero-order chi connectivity index (χ0) is 65.6. The standard InChI is InChI=1S/C43H31N9O28S8/c1-80-21-4-6-25(30(14-21)84(65,66)67)46-50-39-33(87(74,75)76)10-18-9-29(83(62,63)64)27(16-24(18)42(39)54)48-52-40-34(88(77,78)79)12-19-11-31(85(68,69)70)37(36(44)35(19)43(40)55)49-45-20-3-2-17-8-32(86(71,72)73)38(41(53)23(17)13-20)51-47-26-15-22(81(56,57)58)5-7-28(26)82(59,60)61/h2-16,53-55H,44H2,1H3,(H,56,57,58)(H,59,60,61)(H,62,63,64)(H,65,66,67)(H,68,69,70)(H,71,72,73)(H,74,75,76)(H,77,78,79). The number of nitrogen functional groups attached to an aromatic ring is 1. The van der Waals surface area contributed by atoms with Crippen LogP contribution >= 0.6 is 0 Å². The Morgan fingerprint density at radius 1 is 0.341 bits per heavy atom. The Hall–Kier alpha value is -8.78. The van der Waals surface area contributed by atoms with Gasteiger partial charge in [-0.25, -0.2) is 0 Å². The predicted octanol–water partition coefficient (Wildman–Crippen LogP) is 7.49. The molecule has 0 aliphatic carbocycles. The second kappa shape index (κ2) is 22.4. The lowest BCUT2D eigenvalue weighted by Gasteiger charge is -2.14. The van der Waals surface area contributed by atoms with Crippen LogP contribution in [0.1, 0.15) is 0 Å². The quantitative estimate of drug-likeness (QED) is 0.0238. The molecule has 464 valence electrons. The number of nitrogens with two attached hydrogens (primary N) is 1. The van der Waals surface area contributed by atoms with Gasteiger partial charge >= 0.3 is 0 Å². The molecule has 0 atom stereocenters. The molecule has 0 aliphatic heterocycles. The van der Waals surface area contributed by atoms with E-state index in [1.807, 2.05) is 0 Å². The lowest BCUT2D eigenvalue weighted by molar-refractivity contribution is 0.412. The highest BCUT2D eigenvalue weighted by atomic mass is 32.2. The van der Waals surface area contributed by atoms with Crippen molar-refractivity contribution in [3.63, 3.8) is 0 Å². The number of hydrogen-bond donors (Lipinski definition) is 12. The van der Waals surface area contributed by atoms with Crippen molar-refractivity contribution in [2.45, 2.75) is 39.2 Å². The fraction of sp³-hybridized carbons (Fsp3) is 0.0233. The number of methoxy groups -OCH3 is 1. The minimum absolute atomic E-state index is 0.145. The van der Waals surface area contributed by atoms with Crippen molar-refractivity contribution < 1.29 is 124 Å². The van der Waals surface area contributed by atoms with Crippen molar-refractivity contribution in [1.82, 2.24) is 0 Å². The molecule has 37 nitrogen and oxygen atoms in total. The number of fused-ring (bicyclic) bond motifs is 3. The minimum atomic E-state index is -5.71. The van der Waals surface area contributed by atoms with E-state index in [0.29, 0.717) is 54.6 Å². The third-order valence-corrected chi connectivity index (χ3v) is 18.8. The van der Waals surface area contributed by atoms with E-state index in [4.69, 9.17) is 10.5 Å². The number of benzene rings is 8. The van der Waals surface area contributed by atoms with Gasteiger partial charge in [-0.2, -0.15) is 72.5 Å². The van der Waals surface area contributed by atoms with E-state index in [-0.39, 0.29) is 11.1 Å². The van der Waals surface area contributed by atoms with E-state index >= 15 is 0 Å². The number of anilines is 1. The molecule has 45 heteroatoms. The van der Waals surface area contributed by atoms with Gasteiger partial charge in [0.1, 0.15) is 79.8 Å². The van der Waals surface area contributed by atoms with Crippen molar-refractivity contribution in [2.24, 2.45) is 40.9 Å². The molecule has 8 aromatic rings. The van der Waals surface area contributed by atoms with Gasteiger partial charge in [0, 0.05) is 16.8 Å². The van der Waals surface area contributed by atoms with Crippen LogP contribution in [-0.2, 0) is 80.9 Å². The molecule has 0 saturated heterocycles. The first-order valence-corrected chi connectivity index (χ1v) is 33.9. The Morgan fingerprint density at radius 3 is 1.22 bits per heavy atom. The van der Waals surface area contributed by atoms with Crippen molar-refractivity contribution in [1.29, 1.82) is 0 Å². The highest BCUT2D eigenvalue weighted by Gasteiger charge is 2.31. The van der Waals surface area contributed by atoms with Crippen LogP contribution in [0.25, 0.3) is 32.3 Å². The summed E-state index contributed by atoms with van der Waals surface area (Å²) < 4.78 is 284. The second-order valence-corrected chi connectivity index (χ2v) is 28.6. The van der Waals surface area contributed by atoms with Gasteiger partial charge in [0.2, 0.25) is 0 Å². The summed E-state index contributed by atoms with van der Waals surface area (Å²) in [5.74, 6) is -4.21. The average Bonchev–Trinajstić information content (AvgIpc) is 1.15.